The zero-order valence-corrected chi connectivity index (χ0v) is 11.8. The van der Waals surface area contributed by atoms with Crippen LogP contribution in [0.15, 0.2) is 36.9 Å². The highest BCUT2D eigenvalue weighted by atomic mass is 127. The summed E-state index contributed by atoms with van der Waals surface area (Å²) in [4.78, 5) is 11.6. The molecule has 0 aliphatic heterocycles. The maximum absolute atomic E-state index is 11.6. The Kier molecular flexibility index (Phi) is 6.21. The molecule has 0 spiro atoms. The molecule has 0 aromatic heterocycles. The SMILES string of the molecule is C=CCCOC(C)C(=O)Oc1ccc(I)cc1. The lowest BCUT2D eigenvalue weighted by molar-refractivity contribution is -0.146. The second kappa shape index (κ2) is 7.45. The highest BCUT2D eigenvalue weighted by Gasteiger charge is 2.15. The third-order valence-corrected chi connectivity index (χ3v) is 2.77. The molecule has 0 N–H and O–H groups in total. The largest absolute Gasteiger partial charge is 0.425 e. The summed E-state index contributed by atoms with van der Waals surface area (Å²) >= 11 is 2.19. The third kappa shape index (κ3) is 5.32. The van der Waals surface area contributed by atoms with Crippen LogP contribution in [-0.2, 0) is 9.53 Å². The van der Waals surface area contributed by atoms with Crippen LogP contribution in [0.2, 0.25) is 0 Å². The quantitative estimate of drug-likeness (QED) is 0.261. The molecule has 1 atom stereocenters. The summed E-state index contributed by atoms with van der Waals surface area (Å²) in [5.74, 6) is 0.157. The van der Waals surface area contributed by atoms with Gasteiger partial charge in [0, 0.05) is 3.57 Å². The van der Waals surface area contributed by atoms with E-state index in [9.17, 15) is 4.79 Å². The lowest BCUT2D eigenvalue weighted by Gasteiger charge is -2.11. The summed E-state index contributed by atoms with van der Waals surface area (Å²) in [6.07, 6.45) is 1.91. The van der Waals surface area contributed by atoms with E-state index in [-0.39, 0.29) is 5.97 Å². The van der Waals surface area contributed by atoms with Crippen molar-refractivity contribution in [2.45, 2.75) is 19.4 Å². The molecule has 0 saturated carbocycles. The molecule has 0 amide bonds. The van der Waals surface area contributed by atoms with Crippen molar-refractivity contribution in [3.8, 4) is 5.75 Å². The van der Waals surface area contributed by atoms with Gasteiger partial charge in [-0.05, 0) is 60.2 Å². The van der Waals surface area contributed by atoms with Gasteiger partial charge in [0.25, 0.3) is 0 Å². The second-order valence-corrected chi connectivity index (χ2v) is 4.71. The van der Waals surface area contributed by atoms with E-state index in [0.717, 1.165) is 9.99 Å². The number of hydrogen-bond acceptors (Lipinski definition) is 3. The summed E-state index contributed by atoms with van der Waals surface area (Å²) in [6, 6.07) is 7.28. The average molecular weight is 346 g/mol. The van der Waals surface area contributed by atoms with Crippen LogP contribution >= 0.6 is 22.6 Å². The van der Waals surface area contributed by atoms with Crippen LogP contribution in [0.3, 0.4) is 0 Å². The Labute approximate surface area is 115 Å². The maximum atomic E-state index is 11.6. The van der Waals surface area contributed by atoms with E-state index in [1.165, 1.54) is 0 Å². The van der Waals surface area contributed by atoms with Crippen molar-refractivity contribution in [3.05, 3.63) is 40.5 Å². The van der Waals surface area contributed by atoms with Crippen molar-refractivity contribution in [3.63, 3.8) is 0 Å². The standard InChI is InChI=1S/C13H15IO3/c1-3-4-9-16-10(2)13(15)17-12-7-5-11(14)6-8-12/h3,5-8,10H,1,4,9H2,2H3. The number of benzene rings is 1. The molecule has 1 unspecified atom stereocenters. The van der Waals surface area contributed by atoms with Gasteiger partial charge in [0.2, 0.25) is 0 Å². The van der Waals surface area contributed by atoms with Gasteiger partial charge in [0.05, 0.1) is 6.61 Å². The Morgan fingerprint density at radius 2 is 2.12 bits per heavy atom. The number of halogens is 1. The summed E-state index contributed by atoms with van der Waals surface area (Å²) < 4.78 is 11.6. The van der Waals surface area contributed by atoms with Crippen LogP contribution in [0.1, 0.15) is 13.3 Å². The van der Waals surface area contributed by atoms with Crippen LogP contribution in [0.25, 0.3) is 0 Å². The summed E-state index contributed by atoms with van der Waals surface area (Å²) in [6.45, 7) is 5.74. The molecule has 3 nitrogen and oxygen atoms in total. The van der Waals surface area contributed by atoms with Crippen LogP contribution in [-0.4, -0.2) is 18.7 Å². The van der Waals surface area contributed by atoms with Crippen LogP contribution in [0, 0.1) is 3.57 Å². The molecule has 1 aromatic rings. The topological polar surface area (TPSA) is 35.5 Å². The molecule has 1 aromatic carbocycles. The number of rotatable bonds is 6. The van der Waals surface area contributed by atoms with Gasteiger partial charge in [-0.3, -0.25) is 0 Å². The van der Waals surface area contributed by atoms with Crippen molar-refractivity contribution >= 4 is 28.6 Å². The Bertz CT molecular complexity index is 373. The minimum absolute atomic E-state index is 0.379. The Hall–Kier alpha value is -0.880. The van der Waals surface area contributed by atoms with Gasteiger partial charge >= 0.3 is 5.97 Å². The van der Waals surface area contributed by atoms with Gasteiger partial charge < -0.3 is 9.47 Å². The predicted octanol–water partition coefficient (Wildman–Crippen LogP) is 3.18. The lowest BCUT2D eigenvalue weighted by atomic mass is 10.3. The first-order valence-corrected chi connectivity index (χ1v) is 6.41. The minimum atomic E-state index is -0.561. The number of hydrogen-bond donors (Lipinski definition) is 0. The molecule has 92 valence electrons. The molecule has 0 radical (unpaired) electrons. The molecule has 17 heavy (non-hydrogen) atoms. The zero-order chi connectivity index (χ0) is 12.7. The van der Waals surface area contributed by atoms with Crippen LogP contribution < -0.4 is 4.74 Å². The van der Waals surface area contributed by atoms with Crippen molar-refractivity contribution in [1.29, 1.82) is 0 Å². The third-order valence-electron chi connectivity index (χ3n) is 2.05. The van der Waals surface area contributed by atoms with Gasteiger partial charge in [-0.25, -0.2) is 4.79 Å². The number of ether oxygens (including phenoxy) is 2. The van der Waals surface area contributed by atoms with E-state index in [1.807, 2.05) is 12.1 Å². The average Bonchev–Trinajstić information content (AvgIpc) is 2.32. The molecular formula is C13H15IO3. The van der Waals surface area contributed by atoms with E-state index in [1.54, 1.807) is 25.1 Å². The Morgan fingerprint density at radius 1 is 1.47 bits per heavy atom. The first-order valence-electron chi connectivity index (χ1n) is 5.33. The fraction of sp³-hybridized carbons (Fsp3) is 0.308. The molecule has 0 aliphatic rings. The molecule has 0 aliphatic carbocycles. The van der Waals surface area contributed by atoms with Crippen molar-refractivity contribution < 1.29 is 14.3 Å². The fourth-order valence-electron chi connectivity index (χ4n) is 1.10. The number of carbonyl (C=O) groups excluding carboxylic acids is 1. The Balaban J connectivity index is 2.42. The summed E-state index contributed by atoms with van der Waals surface area (Å²) in [5.41, 5.74) is 0. The van der Waals surface area contributed by atoms with Gasteiger partial charge in [0.1, 0.15) is 5.75 Å². The molecule has 0 bridgehead atoms. The van der Waals surface area contributed by atoms with Gasteiger partial charge in [-0.1, -0.05) is 6.08 Å². The summed E-state index contributed by atoms with van der Waals surface area (Å²) in [5, 5.41) is 0. The van der Waals surface area contributed by atoms with Crippen molar-refractivity contribution in [2.24, 2.45) is 0 Å². The van der Waals surface area contributed by atoms with Gasteiger partial charge in [-0.2, -0.15) is 0 Å². The second-order valence-electron chi connectivity index (χ2n) is 3.47. The highest BCUT2D eigenvalue weighted by Crippen LogP contribution is 2.14. The smallest absolute Gasteiger partial charge is 0.340 e. The van der Waals surface area contributed by atoms with E-state index >= 15 is 0 Å². The lowest BCUT2D eigenvalue weighted by Crippen LogP contribution is -2.26. The van der Waals surface area contributed by atoms with Crippen LogP contribution in [0.5, 0.6) is 5.75 Å². The minimum Gasteiger partial charge on any atom is -0.425 e. The molecular weight excluding hydrogens is 331 g/mol. The predicted molar refractivity (Wildman–Crippen MR) is 75.0 cm³/mol. The van der Waals surface area contributed by atoms with E-state index in [2.05, 4.69) is 29.2 Å². The fourth-order valence-corrected chi connectivity index (χ4v) is 1.46. The van der Waals surface area contributed by atoms with Crippen LogP contribution in [0.4, 0.5) is 0 Å². The van der Waals surface area contributed by atoms with Crippen molar-refractivity contribution in [2.75, 3.05) is 6.61 Å². The van der Waals surface area contributed by atoms with Gasteiger partial charge in [0.15, 0.2) is 6.10 Å². The van der Waals surface area contributed by atoms with Crippen molar-refractivity contribution in [1.82, 2.24) is 0 Å². The first-order chi connectivity index (χ1) is 8.13. The molecule has 1 rings (SSSR count). The molecule has 0 saturated heterocycles. The normalized spacial score (nSPS) is 11.9. The van der Waals surface area contributed by atoms with Gasteiger partial charge in [-0.15, -0.1) is 6.58 Å². The zero-order valence-electron chi connectivity index (χ0n) is 9.69. The molecule has 0 heterocycles. The number of esters is 1. The maximum Gasteiger partial charge on any atom is 0.340 e. The summed E-state index contributed by atoms with van der Waals surface area (Å²) in [7, 11) is 0. The van der Waals surface area contributed by atoms with E-state index in [0.29, 0.717) is 12.4 Å². The molecule has 0 fully saturated rings. The van der Waals surface area contributed by atoms with E-state index in [4.69, 9.17) is 9.47 Å². The molecule has 4 heteroatoms. The van der Waals surface area contributed by atoms with E-state index < -0.39 is 6.10 Å². The monoisotopic (exact) mass is 346 g/mol. The number of carbonyl (C=O) groups is 1. The first kappa shape index (κ1) is 14.2. The highest BCUT2D eigenvalue weighted by molar-refractivity contribution is 14.1. The Morgan fingerprint density at radius 3 is 2.71 bits per heavy atom.